The molecule has 0 aliphatic carbocycles. The number of rotatable bonds is 6. The Labute approximate surface area is 101 Å². The third-order valence-corrected chi connectivity index (χ3v) is 2.74. The second-order valence-electron chi connectivity index (χ2n) is 3.97. The zero-order valence-corrected chi connectivity index (χ0v) is 10.1. The lowest BCUT2D eigenvalue weighted by Gasteiger charge is -2.21. The van der Waals surface area contributed by atoms with E-state index in [0.29, 0.717) is 32.7 Å². The van der Waals surface area contributed by atoms with Gasteiger partial charge in [0, 0.05) is 26.3 Å². The first-order valence-corrected chi connectivity index (χ1v) is 6.01. The fraction of sp³-hybridized carbons (Fsp3) is 0.818. The average Bonchev–Trinajstić information content (AvgIpc) is 2.77. The molecule has 1 unspecified atom stereocenters. The van der Waals surface area contributed by atoms with E-state index in [9.17, 15) is 9.59 Å². The maximum atomic E-state index is 11.7. The number of nitrogens with one attached hydrogen (secondary N) is 1. The molecule has 1 saturated heterocycles. The van der Waals surface area contributed by atoms with Gasteiger partial charge >= 0.3 is 12.0 Å². The van der Waals surface area contributed by atoms with Crippen LogP contribution in [-0.2, 0) is 9.53 Å². The Kier molecular flexibility index (Phi) is 5.76. The Morgan fingerprint density at radius 3 is 2.94 bits per heavy atom. The lowest BCUT2D eigenvalue weighted by Crippen LogP contribution is -2.46. The van der Waals surface area contributed by atoms with Crippen LogP contribution in [0.2, 0.25) is 0 Å². The van der Waals surface area contributed by atoms with E-state index in [2.05, 4.69) is 5.32 Å². The van der Waals surface area contributed by atoms with E-state index in [1.165, 1.54) is 4.90 Å². The molecule has 0 aromatic rings. The molecule has 1 aliphatic heterocycles. The van der Waals surface area contributed by atoms with Gasteiger partial charge in [-0.05, 0) is 26.2 Å². The van der Waals surface area contributed by atoms with Crippen LogP contribution >= 0.6 is 0 Å². The molecule has 1 heterocycles. The van der Waals surface area contributed by atoms with Gasteiger partial charge in [0.2, 0.25) is 0 Å². The predicted molar refractivity (Wildman–Crippen MR) is 61.9 cm³/mol. The summed E-state index contributed by atoms with van der Waals surface area (Å²) in [5.41, 5.74) is 0. The number of carboxylic acid groups (broad SMARTS) is 1. The van der Waals surface area contributed by atoms with Crippen molar-refractivity contribution >= 4 is 12.0 Å². The minimum absolute atomic E-state index is 0.286. The summed E-state index contributed by atoms with van der Waals surface area (Å²) in [5.74, 6) is -0.924. The van der Waals surface area contributed by atoms with Crippen molar-refractivity contribution in [2.24, 2.45) is 0 Å². The molecule has 0 radical (unpaired) electrons. The molecule has 2 amide bonds. The molecule has 1 aliphatic rings. The largest absolute Gasteiger partial charge is 0.480 e. The van der Waals surface area contributed by atoms with E-state index in [4.69, 9.17) is 9.84 Å². The van der Waals surface area contributed by atoms with Gasteiger partial charge in [-0.25, -0.2) is 9.59 Å². The molecule has 1 atom stereocenters. The zero-order chi connectivity index (χ0) is 12.7. The van der Waals surface area contributed by atoms with Gasteiger partial charge in [0.1, 0.15) is 6.04 Å². The first kappa shape index (κ1) is 13.8. The summed E-state index contributed by atoms with van der Waals surface area (Å²) in [4.78, 5) is 24.0. The molecule has 0 aromatic heterocycles. The standard InChI is InChI=1S/C11H20N2O4/c1-2-17-8-4-6-12-11(16)13-7-3-5-9(13)10(14)15/h9H,2-8H2,1H3,(H,12,16)(H,14,15). The number of amides is 2. The molecular weight excluding hydrogens is 224 g/mol. The summed E-state index contributed by atoms with van der Waals surface area (Å²) >= 11 is 0. The van der Waals surface area contributed by atoms with Gasteiger partial charge in [0.15, 0.2) is 0 Å². The third kappa shape index (κ3) is 4.22. The lowest BCUT2D eigenvalue weighted by molar-refractivity contribution is -0.141. The monoisotopic (exact) mass is 244 g/mol. The van der Waals surface area contributed by atoms with Crippen molar-refractivity contribution in [3.8, 4) is 0 Å². The van der Waals surface area contributed by atoms with Crippen LogP contribution in [-0.4, -0.2) is 54.4 Å². The quantitative estimate of drug-likeness (QED) is 0.673. The number of aliphatic carboxylic acids is 1. The first-order chi connectivity index (χ1) is 8.16. The van der Waals surface area contributed by atoms with Gasteiger partial charge in [-0.1, -0.05) is 0 Å². The van der Waals surface area contributed by atoms with Crippen LogP contribution < -0.4 is 5.32 Å². The number of carbonyl (C=O) groups is 2. The fourth-order valence-electron chi connectivity index (χ4n) is 1.88. The number of carbonyl (C=O) groups excluding carboxylic acids is 1. The summed E-state index contributed by atoms with van der Waals surface area (Å²) in [7, 11) is 0. The molecule has 0 saturated carbocycles. The average molecular weight is 244 g/mol. The summed E-state index contributed by atoms with van der Waals surface area (Å²) in [5, 5.41) is 11.6. The number of hydrogen-bond acceptors (Lipinski definition) is 3. The van der Waals surface area contributed by atoms with Gasteiger partial charge in [0.25, 0.3) is 0 Å². The molecule has 17 heavy (non-hydrogen) atoms. The van der Waals surface area contributed by atoms with Crippen LogP contribution in [0.1, 0.15) is 26.2 Å². The molecule has 0 spiro atoms. The molecule has 98 valence electrons. The van der Waals surface area contributed by atoms with E-state index in [1.807, 2.05) is 6.92 Å². The Morgan fingerprint density at radius 2 is 2.29 bits per heavy atom. The summed E-state index contributed by atoms with van der Waals surface area (Å²) in [6.45, 7) is 4.23. The normalized spacial score (nSPS) is 19.4. The van der Waals surface area contributed by atoms with Crippen LogP contribution in [0.15, 0.2) is 0 Å². The van der Waals surface area contributed by atoms with Crippen LogP contribution in [0.4, 0.5) is 4.79 Å². The van der Waals surface area contributed by atoms with Crippen molar-refractivity contribution in [3.05, 3.63) is 0 Å². The maximum absolute atomic E-state index is 11.7. The smallest absolute Gasteiger partial charge is 0.326 e. The van der Waals surface area contributed by atoms with Crippen molar-refractivity contribution < 1.29 is 19.4 Å². The minimum atomic E-state index is -0.924. The number of carboxylic acids is 1. The predicted octanol–water partition coefficient (Wildman–Crippen LogP) is 0.672. The highest BCUT2D eigenvalue weighted by atomic mass is 16.5. The van der Waals surface area contributed by atoms with Crippen molar-refractivity contribution in [1.29, 1.82) is 0 Å². The molecule has 1 fully saturated rings. The highest BCUT2D eigenvalue weighted by Gasteiger charge is 2.33. The number of urea groups is 1. The van der Waals surface area contributed by atoms with Gasteiger partial charge < -0.3 is 20.1 Å². The molecular formula is C11H20N2O4. The van der Waals surface area contributed by atoms with E-state index in [-0.39, 0.29) is 6.03 Å². The van der Waals surface area contributed by atoms with Crippen molar-refractivity contribution in [2.75, 3.05) is 26.3 Å². The summed E-state index contributed by atoms with van der Waals surface area (Å²) in [6, 6.07) is -0.951. The van der Waals surface area contributed by atoms with Crippen LogP contribution in [0, 0.1) is 0 Å². The van der Waals surface area contributed by atoms with Crippen molar-refractivity contribution in [2.45, 2.75) is 32.2 Å². The molecule has 6 nitrogen and oxygen atoms in total. The SMILES string of the molecule is CCOCCCNC(=O)N1CCCC1C(=O)O. The highest BCUT2D eigenvalue weighted by Crippen LogP contribution is 2.17. The van der Waals surface area contributed by atoms with Crippen LogP contribution in [0.5, 0.6) is 0 Å². The molecule has 0 bridgehead atoms. The van der Waals surface area contributed by atoms with E-state index >= 15 is 0 Å². The van der Waals surface area contributed by atoms with Crippen molar-refractivity contribution in [1.82, 2.24) is 10.2 Å². The topological polar surface area (TPSA) is 78.9 Å². The van der Waals surface area contributed by atoms with E-state index in [1.54, 1.807) is 0 Å². The second-order valence-corrected chi connectivity index (χ2v) is 3.97. The lowest BCUT2D eigenvalue weighted by atomic mass is 10.2. The Hall–Kier alpha value is -1.30. The first-order valence-electron chi connectivity index (χ1n) is 6.01. The van der Waals surface area contributed by atoms with Gasteiger partial charge in [-0.3, -0.25) is 0 Å². The Balaban J connectivity index is 2.25. The van der Waals surface area contributed by atoms with Crippen molar-refractivity contribution in [3.63, 3.8) is 0 Å². The zero-order valence-electron chi connectivity index (χ0n) is 10.1. The molecule has 6 heteroatoms. The van der Waals surface area contributed by atoms with Gasteiger partial charge in [-0.2, -0.15) is 0 Å². The van der Waals surface area contributed by atoms with Gasteiger partial charge in [0.05, 0.1) is 0 Å². The molecule has 0 aromatic carbocycles. The minimum Gasteiger partial charge on any atom is -0.480 e. The Bertz CT molecular complexity index is 270. The Morgan fingerprint density at radius 1 is 1.53 bits per heavy atom. The molecule has 2 N–H and O–H groups in total. The number of nitrogens with zero attached hydrogens (tertiary/aromatic N) is 1. The summed E-state index contributed by atoms with van der Waals surface area (Å²) < 4.78 is 5.14. The van der Waals surface area contributed by atoms with Gasteiger partial charge in [-0.15, -0.1) is 0 Å². The number of likely N-dealkylation sites (tertiary alicyclic amines) is 1. The molecule has 1 rings (SSSR count). The van der Waals surface area contributed by atoms with Crippen LogP contribution in [0.25, 0.3) is 0 Å². The van der Waals surface area contributed by atoms with E-state index in [0.717, 1.165) is 12.8 Å². The van der Waals surface area contributed by atoms with E-state index < -0.39 is 12.0 Å². The highest BCUT2D eigenvalue weighted by molar-refractivity contribution is 5.83. The summed E-state index contributed by atoms with van der Waals surface area (Å²) in [6.07, 6.45) is 2.04. The maximum Gasteiger partial charge on any atom is 0.326 e. The number of ether oxygens (including phenoxy) is 1. The fourth-order valence-corrected chi connectivity index (χ4v) is 1.88. The third-order valence-electron chi connectivity index (χ3n) is 2.74. The second kappa shape index (κ2) is 7.11. The van der Waals surface area contributed by atoms with Crippen LogP contribution in [0.3, 0.4) is 0 Å². The number of hydrogen-bond donors (Lipinski definition) is 2.